The summed E-state index contributed by atoms with van der Waals surface area (Å²) in [7, 11) is 0. The summed E-state index contributed by atoms with van der Waals surface area (Å²) in [6, 6.07) is 0. The number of H-pyrrole nitrogens is 1. The molecule has 2 aromatic rings. The minimum absolute atomic E-state index is 0.110. The van der Waals surface area contributed by atoms with Gasteiger partial charge in [0.2, 0.25) is 5.91 Å². The van der Waals surface area contributed by atoms with Crippen molar-refractivity contribution in [1.29, 1.82) is 0 Å². The molecule has 1 atom stereocenters. The molecule has 2 N–H and O–H groups in total. The minimum Gasteiger partial charge on any atom is -0.367 e. The van der Waals surface area contributed by atoms with Crippen LogP contribution in [0.4, 0.5) is 0 Å². The van der Waals surface area contributed by atoms with Crippen LogP contribution < -0.4 is 5.32 Å². The normalized spacial score (nSPS) is 17.6. The van der Waals surface area contributed by atoms with Crippen molar-refractivity contribution in [2.75, 3.05) is 19.7 Å². The first-order chi connectivity index (χ1) is 12.0. The molecule has 1 aliphatic rings. The lowest BCUT2D eigenvalue weighted by atomic mass is 10.1. The van der Waals surface area contributed by atoms with Gasteiger partial charge in [-0.05, 0) is 13.8 Å². The molecule has 0 radical (unpaired) electrons. The predicted octanol–water partition coefficient (Wildman–Crippen LogP) is 0.864. The van der Waals surface area contributed by atoms with Gasteiger partial charge < -0.3 is 24.5 Å². The lowest BCUT2D eigenvalue weighted by Gasteiger charge is -2.32. The first-order valence-corrected chi connectivity index (χ1v) is 8.07. The highest BCUT2D eigenvalue weighted by Crippen LogP contribution is 2.23. The molecule has 0 spiro atoms. The predicted molar refractivity (Wildman–Crippen MR) is 86.7 cm³/mol. The molecule has 134 valence electrons. The molecule has 0 aliphatic carbocycles. The summed E-state index contributed by atoms with van der Waals surface area (Å²) < 4.78 is 10.8. The van der Waals surface area contributed by atoms with Crippen molar-refractivity contribution < 1.29 is 18.8 Å². The number of nitrogens with zero attached hydrogens (tertiary/aromatic N) is 3. The van der Waals surface area contributed by atoms with E-state index in [-0.39, 0.29) is 17.9 Å². The maximum Gasteiger partial charge on any atom is 0.259 e. The summed E-state index contributed by atoms with van der Waals surface area (Å²) >= 11 is 0. The molecule has 0 aromatic carbocycles. The third-order valence-electron chi connectivity index (χ3n) is 4.08. The van der Waals surface area contributed by atoms with Crippen molar-refractivity contribution in [3.05, 3.63) is 34.7 Å². The van der Waals surface area contributed by atoms with Crippen LogP contribution in [0.15, 0.2) is 10.7 Å². The molecule has 1 fully saturated rings. The van der Waals surface area contributed by atoms with Crippen LogP contribution in [-0.2, 0) is 16.1 Å². The molecule has 3 heterocycles. The zero-order valence-corrected chi connectivity index (χ0v) is 14.5. The number of amides is 2. The Bertz CT molecular complexity index is 762. The Balaban J connectivity index is 1.69. The molecule has 9 heteroatoms. The number of rotatable bonds is 4. The second kappa shape index (κ2) is 7.06. The Morgan fingerprint density at radius 3 is 2.92 bits per heavy atom. The zero-order valence-electron chi connectivity index (χ0n) is 14.5. The van der Waals surface area contributed by atoms with Crippen LogP contribution in [0.1, 0.15) is 46.4 Å². The van der Waals surface area contributed by atoms with Crippen LogP contribution in [0.2, 0.25) is 0 Å². The third-order valence-corrected chi connectivity index (χ3v) is 4.08. The molecule has 2 aromatic heterocycles. The van der Waals surface area contributed by atoms with Gasteiger partial charge in [0.25, 0.3) is 5.91 Å². The number of nitrogens with one attached hydrogen (secondary N) is 2. The maximum absolute atomic E-state index is 12.8. The average Bonchev–Trinajstić information content (AvgIpc) is 3.19. The number of carbonyl (C=O) groups is 2. The van der Waals surface area contributed by atoms with Gasteiger partial charge in [-0.3, -0.25) is 9.59 Å². The van der Waals surface area contributed by atoms with Gasteiger partial charge in [0, 0.05) is 13.5 Å². The number of aromatic amines is 1. The standard InChI is InChI=1S/C16H21N5O4/c1-9-14(10(2)25-20-9)16(23)21-4-5-24-13(8-21)15-18-7-12(19-15)6-17-11(3)22/h7,13H,4-6,8H2,1-3H3,(H,17,22)(H,18,19)/t13-/m0/s1. The van der Waals surface area contributed by atoms with Gasteiger partial charge >= 0.3 is 0 Å². The van der Waals surface area contributed by atoms with E-state index in [1.807, 2.05) is 0 Å². The molecule has 2 amide bonds. The highest BCUT2D eigenvalue weighted by molar-refractivity contribution is 5.96. The van der Waals surface area contributed by atoms with Gasteiger partial charge in [-0.15, -0.1) is 0 Å². The average molecular weight is 347 g/mol. The van der Waals surface area contributed by atoms with E-state index in [0.717, 1.165) is 5.69 Å². The van der Waals surface area contributed by atoms with Crippen LogP contribution >= 0.6 is 0 Å². The van der Waals surface area contributed by atoms with E-state index in [9.17, 15) is 9.59 Å². The molecular weight excluding hydrogens is 326 g/mol. The Hall–Kier alpha value is -2.68. The molecule has 0 bridgehead atoms. The first kappa shape index (κ1) is 17.2. The van der Waals surface area contributed by atoms with E-state index in [2.05, 4.69) is 20.4 Å². The zero-order chi connectivity index (χ0) is 18.0. The van der Waals surface area contributed by atoms with E-state index in [1.165, 1.54) is 6.92 Å². The van der Waals surface area contributed by atoms with E-state index < -0.39 is 0 Å². The van der Waals surface area contributed by atoms with Crippen molar-refractivity contribution in [3.63, 3.8) is 0 Å². The van der Waals surface area contributed by atoms with Crippen LogP contribution in [-0.4, -0.2) is 51.5 Å². The smallest absolute Gasteiger partial charge is 0.259 e. The number of ether oxygens (including phenoxy) is 1. The molecule has 1 saturated heterocycles. The largest absolute Gasteiger partial charge is 0.367 e. The topological polar surface area (TPSA) is 113 Å². The second-order valence-corrected chi connectivity index (χ2v) is 6.01. The van der Waals surface area contributed by atoms with Gasteiger partial charge in [-0.25, -0.2) is 4.98 Å². The SMILES string of the molecule is CC(=O)NCc1cnc([C@@H]2CN(C(=O)c3c(C)noc3C)CCO2)[nH]1. The van der Waals surface area contributed by atoms with Crippen LogP contribution in [0.5, 0.6) is 0 Å². The molecule has 9 nitrogen and oxygen atoms in total. The lowest BCUT2D eigenvalue weighted by molar-refractivity contribution is -0.119. The minimum atomic E-state index is -0.343. The van der Waals surface area contributed by atoms with Gasteiger partial charge in [0.15, 0.2) is 0 Å². The molecule has 0 saturated carbocycles. The van der Waals surface area contributed by atoms with E-state index in [1.54, 1.807) is 24.9 Å². The quantitative estimate of drug-likeness (QED) is 0.848. The van der Waals surface area contributed by atoms with Gasteiger partial charge in [-0.2, -0.15) is 0 Å². The highest BCUT2D eigenvalue weighted by atomic mass is 16.5. The van der Waals surface area contributed by atoms with Crippen LogP contribution in [0.25, 0.3) is 0 Å². The molecular formula is C16H21N5O4. The monoisotopic (exact) mass is 347 g/mol. The number of morpholine rings is 1. The van der Waals surface area contributed by atoms with Crippen LogP contribution in [0, 0.1) is 13.8 Å². The molecule has 3 rings (SSSR count). The molecule has 25 heavy (non-hydrogen) atoms. The Kier molecular flexibility index (Phi) is 4.84. The van der Waals surface area contributed by atoms with E-state index >= 15 is 0 Å². The van der Waals surface area contributed by atoms with Crippen LogP contribution in [0.3, 0.4) is 0 Å². The fourth-order valence-electron chi connectivity index (χ4n) is 2.80. The van der Waals surface area contributed by atoms with Gasteiger partial charge in [0.05, 0.1) is 37.3 Å². The van der Waals surface area contributed by atoms with E-state index in [4.69, 9.17) is 9.26 Å². The molecule has 1 aliphatic heterocycles. The Morgan fingerprint density at radius 2 is 2.24 bits per heavy atom. The summed E-state index contributed by atoms with van der Waals surface area (Å²) in [6.07, 6.45) is 1.31. The summed E-state index contributed by atoms with van der Waals surface area (Å²) in [6.45, 7) is 6.61. The summed E-state index contributed by atoms with van der Waals surface area (Å²) in [5, 5.41) is 6.54. The lowest BCUT2D eigenvalue weighted by Crippen LogP contribution is -2.42. The fraction of sp³-hybridized carbons (Fsp3) is 0.500. The van der Waals surface area contributed by atoms with Gasteiger partial charge in [-0.1, -0.05) is 5.16 Å². The number of aromatic nitrogens is 3. The van der Waals surface area contributed by atoms with Crippen molar-refractivity contribution >= 4 is 11.8 Å². The number of carbonyl (C=O) groups excluding carboxylic acids is 2. The summed E-state index contributed by atoms with van der Waals surface area (Å²) in [5.41, 5.74) is 1.87. The second-order valence-electron chi connectivity index (χ2n) is 6.01. The van der Waals surface area contributed by atoms with Crippen molar-refractivity contribution in [1.82, 2.24) is 25.3 Å². The highest BCUT2D eigenvalue weighted by Gasteiger charge is 2.30. The van der Waals surface area contributed by atoms with Gasteiger partial charge in [0.1, 0.15) is 23.3 Å². The van der Waals surface area contributed by atoms with Crippen molar-refractivity contribution in [2.24, 2.45) is 0 Å². The molecule has 0 unspecified atom stereocenters. The number of hydrogen-bond donors (Lipinski definition) is 2. The number of imidazole rings is 1. The Labute approximate surface area is 144 Å². The fourth-order valence-corrected chi connectivity index (χ4v) is 2.80. The number of hydrogen-bond acceptors (Lipinski definition) is 6. The van der Waals surface area contributed by atoms with E-state index in [0.29, 0.717) is 49.1 Å². The first-order valence-electron chi connectivity index (χ1n) is 8.07. The summed E-state index contributed by atoms with van der Waals surface area (Å²) in [4.78, 5) is 32.9. The maximum atomic E-state index is 12.8. The number of aryl methyl sites for hydroxylation is 2. The summed E-state index contributed by atoms with van der Waals surface area (Å²) in [5.74, 6) is 0.925. The third kappa shape index (κ3) is 3.71. The van der Waals surface area contributed by atoms with Crippen molar-refractivity contribution in [3.8, 4) is 0 Å². The van der Waals surface area contributed by atoms with Crippen molar-refractivity contribution in [2.45, 2.75) is 33.4 Å². The Morgan fingerprint density at radius 1 is 1.44 bits per heavy atom.